The van der Waals surface area contributed by atoms with Crippen molar-refractivity contribution in [3.63, 3.8) is 0 Å². The monoisotopic (exact) mass is 451 g/mol. The molecule has 3 aromatic carbocycles. The van der Waals surface area contributed by atoms with Crippen molar-refractivity contribution in [3.8, 4) is 0 Å². The quantitative estimate of drug-likeness (QED) is 0.422. The van der Waals surface area contributed by atoms with Crippen LogP contribution in [0.4, 0.5) is 0 Å². The first kappa shape index (κ1) is 21.3. The van der Waals surface area contributed by atoms with Gasteiger partial charge in [-0.3, -0.25) is 9.69 Å². The first-order chi connectivity index (χ1) is 14.0. The topological polar surface area (TPSA) is 40.5 Å². The highest BCUT2D eigenvalue weighted by Crippen LogP contribution is 2.36. The van der Waals surface area contributed by atoms with Gasteiger partial charge >= 0.3 is 5.97 Å². The molecule has 3 rings (SSSR count). The smallest absolute Gasteiger partial charge is 0.305 e. The lowest BCUT2D eigenvalue weighted by atomic mass is 9.96. The predicted molar refractivity (Wildman–Crippen MR) is 121 cm³/mol. The molecule has 0 aliphatic carbocycles. The summed E-state index contributed by atoms with van der Waals surface area (Å²) in [6.07, 6.45) is 0.0412. The molecule has 0 saturated carbocycles. The zero-order valence-corrected chi connectivity index (χ0v) is 18.3. The highest BCUT2D eigenvalue weighted by Gasteiger charge is 2.28. The van der Waals surface area contributed by atoms with Crippen molar-refractivity contribution in [2.45, 2.75) is 38.9 Å². The Morgan fingerprint density at radius 2 is 1.59 bits per heavy atom. The van der Waals surface area contributed by atoms with E-state index in [0.717, 1.165) is 21.2 Å². The van der Waals surface area contributed by atoms with Crippen molar-refractivity contribution in [2.75, 3.05) is 0 Å². The van der Waals surface area contributed by atoms with Crippen molar-refractivity contribution >= 4 is 21.9 Å². The second kappa shape index (κ2) is 9.86. The maximum Gasteiger partial charge on any atom is 0.305 e. The van der Waals surface area contributed by atoms with E-state index in [-0.39, 0.29) is 18.5 Å². The van der Waals surface area contributed by atoms with Crippen LogP contribution in [0.3, 0.4) is 0 Å². The van der Waals surface area contributed by atoms with Crippen LogP contribution in [0.1, 0.15) is 47.7 Å². The van der Waals surface area contributed by atoms with Gasteiger partial charge in [-0.1, -0.05) is 88.7 Å². The predicted octanol–water partition coefficient (Wildman–Crippen LogP) is 6.54. The summed E-state index contributed by atoms with van der Waals surface area (Å²) in [5, 5.41) is 9.70. The Bertz CT molecular complexity index is 944. The minimum absolute atomic E-state index is 0.0412. The van der Waals surface area contributed by atoms with Crippen molar-refractivity contribution in [3.05, 3.63) is 106 Å². The molecule has 0 aliphatic rings. The molecule has 0 fully saturated rings. The zero-order chi connectivity index (χ0) is 20.8. The SMILES string of the molecule is Cc1ccc(C(CC(=O)O)N(Cc2ccccc2)[C@H](C)c2ccccc2)cc1Br. The number of carbonyl (C=O) groups is 1. The molecule has 1 unspecified atom stereocenters. The standard InChI is InChI=1S/C25H26BrNO2/c1-18-13-14-22(15-23(18)26)24(16-25(28)29)27(17-20-9-5-3-6-10-20)19(2)21-11-7-4-8-12-21/h3-15,19,24H,16-17H2,1-2H3,(H,28,29)/t19-,24?/m1/s1. The third-order valence-electron chi connectivity index (χ3n) is 5.34. The van der Waals surface area contributed by atoms with Gasteiger partial charge in [-0.25, -0.2) is 0 Å². The summed E-state index contributed by atoms with van der Waals surface area (Å²) in [6, 6.07) is 26.4. The van der Waals surface area contributed by atoms with Crippen LogP contribution in [-0.4, -0.2) is 16.0 Å². The van der Waals surface area contributed by atoms with Gasteiger partial charge in [-0.2, -0.15) is 0 Å². The van der Waals surface area contributed by atoms with Crippen LogP contribution in [0.25, 0.3) is 0 Å². The summed E-state index contributed by atoms with van der Waals surface area (Å²) in [5.41, 5.74) is 4.47. The molecule has 0 aromatic heterocycles. The first-order valence-electron chi connectivity index (χ1n) is 9.78. The zero-order valence-electron chi connectivity index (χ0n) is 16.8. The van der Waals surface area contributed by atoms with Gasteiger partial charge in [-0.05, 0) is 42.2 Å². The molecule has 0 spiro atoms. The number of benzene rings is 3. The van der Waals surface area contributed by atoms with E-state index in [1.807, 2.05) is 55.5 Å². The lowest BCUT2D eigenvalue weighted by Gasteiger charge is -2.37. The van der Waals surface area contributed by atoms with Crippen LogP contribution < -0.4 is 0 Å². The normalized spacial score (nSPS) is 13.2. The van der Waals surface area contributed by atoms with E-state index in [4.69, 9.17) is 0 Å². The Hall–Kier alpha value is -2.43. The van der Waals surface area contributed by atoms with Crippen molar-refractivity contribution in [2.24, 2.45) is 0 Å². The second-order valence-electron chi connectivity index (χ2n) is 7.37. The lowest BCUT2D eigenvalue weighted by molar-refractivity contribution is -0.138. The van der Waals surface area contributed by atoms with Crippen molar-refractivity contribution < 1.29 is 9.90 Å². The van der Waals surface area contributed by atoms with Gasteiger partial charge in [0.2, 0.25) is 0 Å². The van der Waals surface area contributed by atoms with Crippen LogP contribution in [0, 0.1) is 6.92 Å². The number of carboxylic acids is 1. The maximum atomic E-state index is 11.8. The molecule has 0 saturated heterocycles. The number of nitrogens with zero attached hydrogens (tertiary/aromatic N) is 1. The minimum atomic E-state index is -0.801. The third-order valence-corrected chi connectivity index (χ3v) is 6.19. The Morgan fingerprint density at radius 3 is 2.17 bits per heavy atom. The van der Waals surface area contributed by atoms with Crippen molar-refractivity contribution in [1.29, 1.82) is 0 Å². The Kier molecular flexibility index (Phi) is 7.24. The molecule has 3 nitrogen and oxygen atoms in total. The molecule has 150 valence electrons. The van der Waals surface area contributed by atoms with E-state index < -0.39 is 5.97 Å². The van der Waals surface area contributed by atoms with E-state index in [1.54, 1.807) is 0 Å². The minimum Gasteiger partial charge on any atom is -0.481 e. The molecular formula is C25H26BrNO2. The number of aryl methyl sites for hydroxylation is 1. The molecule has 0 radical (unpaired) electrons. The highest BCUT2D eigenvalue weighted by molar-refractivity contribution is 9.10. The van der Waals surface area contributed by atoms with Crippen LogP contribution in [0.15, 0.2) is 83.3 Å². The molecule has 0 bridgehead atoms. The second-order valence-corrected chi connectivity index (χ2v) is 8.22. The van der Waals surface area contributed by atoms with Gasteiger partial charge in [0.05, 0.1) is 6.42 Å². The van der Waals surface area contributed by atoms with E-state index >= 15 is 0 Å². The molecule has 0 aliphatic heterocycles. The summed E-state index contributed by atoms with van der Waals surface area (Å²) in [7, 11) is 0. The highest BCUT2D eigenvalue weighted by atomic mass is 79.9. The average molecular weight is 452 g/mol. The number of aliphatic carboxylic acids is 1. The third kappa shape index (κ3) is 5.55. The number of halogens is 1. The molecule has 0 amide bonds. The van der Waals surface area contributed by atoms with Crippen molar-refractivity contribution in [1.82, 2.24) is 4.90 Å². The fourth-order valence-electron chi connectivity index (χ4n) is 3.64. The van der Waals surface area contributed by atoms with Gasteiger partial charge in [0.1, 0.15) is 0 Å². The van der Waals surface area contributed by atoms with Gasteiger partial charge in [-0.15, -0.1) is 0 Å². The number of carboxylic acid groups (broad SMARTS) is 1. The average Bonchev–Trinajstić information content (AvgIpc) is 2.73. The van der Waals surface area contributed by atoms with Crippen LogP contribution >= 0.6 is 15.9 Å². The van der Waals surface area contributed by atoms with Gasteiger partial charge in [0.25, 0.3) is 0 Å². The lowest BCUT2D eigenvalue weighted by Crippen LogP contribution is -2.32. The Balaban J connectivity index is 2.05. The largest absolute Gasteiger partial charge is 0.481 e. The molecule has 4 heteroatoms. The van der Waals surface area contributed by atoms with Crippen LogP contribution in [-0.2, 0) is 11.3 Å². The molecule has 3 aromatic rings. The summed E-state index contributed by atoms with van der Waals surface area (Å²) in [5.74, 6) is -0.801. The summed E-state index contributed by atoms with van der Waals surface area (Å²) in [4.78, 5) is 14.1. The Morgan fingerprint density at radius 1 is 0.966 bits per heavy atom. The summed E-state index contributed by atoms with van der Waals surface area (Å²) < 4.78 is 0.998. The van der Waals surface area contributed by atoms with Crippen LogP contribution in [0.2, 0.25) is 0 Å². The number of hydrogen-bond donors (Lipinski definition) is 1. The van der Waals surface area contributed by atoms with Gasteiger partial charge in [0.15, 0.2) is 0 Å². The summed E-state index contributed by atoms with van der Waals surface area (Å²) in [6.45, 7) is 4.85. The summed E-state index contributed by atoms with van der Waals surface area (Å²) >= 11 is 3.61. The van der Waals surface area contributed by atoms with Crippen LogP contribution in [0.5, 0.6) is 0 Å². The Labute approximate surface area is 181 Å². The molecule has 0 heterocycles. The molecule has 2 atom stereocenters. The van der Waals surface area contributed by atoms with E-state index in [9.17, 15) is 9.90 Å². The fourth-order valence-corrected chi connectivity index (χ4v) is 4.04. The van der Waals surface area contributed by atoms with Gasteiger partial charge in [0, 0.05) is 23.1 Å². The maximum absolute atomic E-state index is 11.8. The fraction of sp³-hybridized carbons (Fsp3) is 0.240. The number of rotatable bonds is 8. The van der Waals surface area contributed by atoms with E-state index in [1.165, 1.54) is 5.56 Å². The molecular weight excluding hydrogens is 426 g/mol. The molecule has 1 N–H and O–H groups in total. The number of hydrogen-bond acceptors (Lipinski definition) is 2. The molecule has 29 heavy (non-hydrogen) atoms. The first-order valence-corrected chi connectivity index (χ1v) is 10.6. The van der Waals surface area contributed by atoms with E-state index in [2.05, 4.69) is 58.1 Å². The van der Waals surface area contributed by atoms with E-state index in [0.29, 0.717) is 6.54 Å². The van der Waals surface area contributed by atoms with Gasteiger partial charge < -0.3 is 5.11 Å².